The Morgan fingerprint density at radius 3 is 2.29 bits per heavy atom. The number of benzene rings is 1. The molecule has 0 unspecified atom stereocenters. The van der Waals surface area contributed by atoms with Crippen molar-refractivity contribution in [2.75, 3.05) is 37.6 Å². The molecule has 2 heterocycles. The van der Waals surface area contributed by atoms with Crippen molar-refractivity contribution in [3.8, 4) is 0 Å². The van der Waals surface area contributed by atoms with E-state index in [9.17, 15) is 9.59 Å². The predicted molar refractivity (Wildman–Crippen MR) is 116 cm³/mol. The van der Waals surface area contributed by atoms with Crippen LogP contribution >= 0.6 is 12.2 Å². The third-order valence-corrected chi connectivity index (χ3v) is 5.96. The van der Waals surface area contributed by atoms with Crippen LogP contribution in [0, 0.1) is 0 Å². The highest BCUT2D eigenvalue weighted by Crippen LogP contribution is 2.22. The zero-order valence-electron chi connectivity index (χ0n) is 17.2. The summed E-state index contributed by atoms with van der Waals surface area (Å²) >= 11 is 5.50. The van der Waals surface area contributed by atoms with Gasteiger partial charge >= 0.3 is 0 Å². The number of nitrogens with one attached hydrogen (secondary N) is 1. The van der Waals surface area contributed by atoms with E-state index in [2.05, 4.69) is 31.0 Å². The van der Waals surface area contributed by atoms with E-state index in [1.165, 1.54) is 0 Å². The molecule has 6 nitrogen and oxygen atoms in total. The fourth-order valence-electron chi connectivity index (χ4n) is 4.06. The molecule has 0 bridgehead atoms. The van der Waals surface area contributed by atoms with E-state index >= 15 is 0 Å². The molecular weight excluding hydrogens is 372 g/mol. The zero-order chi connectivity index (χ0) is 20.5. The van der Waals surface area contributed by atoms with Gasteiger partial charge in [0, 0.05) is 49.0 Å². The number of carbonyl (C=O) groups excluding carboxylic acids is 2. The quantitative estimate of drug-likeness (QED) is 0.616. The van der Waals surface area contributed by atoms with Gasteiger partial charge in [-0.15, -0.1) is 0 Å². The number of carbonyl (C=O) groups is 2. The maximum atomic E-state index is 12.8. The summed E-state index contributed by atoms with van der Waals surface area (Å²) in [5, 5.41) is 4.01. The summed E-state index contributed by atoms with van der Waals surface area (Å²) in [6.45, 7) is 11.3. The predicted octanol–water partition coefficient (Wildman–Crippen LogP) is 2.29. The highest BCUT2D eigenvalue weighted by Gasteiger charge is 2.35. The first kappa shape index (κ1) is 20.6. The highest BCUT2D eigenvalue weighted by atomic mass is 32.1. The lowest BCUT2D eigenvalue weighted by Gasteiger charge is -2.45. The molecule has 0 aromatic heterocycles. The molecule has 0 saturated carbocycles. The zero-order valence-corrected chi connectivity index (χ0v) is 18.0. The molecule has 1 aromatic rings. The number of anilines is 1. The van der Waals surface area contributed by atoms with Gasteiger partial charge in [0.2, 0.25) is 5.91 Å². The van der Waals surface area contributed by atoms with Crippen LogP contribution in [0.3, 0.4) is 0 Å². The largest absolute Gasteiger partial charge is 0.368 e. The molecule has 1 atom stereocenters. The summed E-state index contributed by atoms with van der Waals surface area (Å²) in [6.07, 6.45) is 0.949. The molecule has 28 heavy (non-hydrogen) atoms. The second kappa shape index (κ2) is 8.07. The van der Waals surface area contributed by atoms with Crippen molar-refractivity contribution in [1.29, 1.82) is 0 Å². The second-order valence-corrected chi connectivity index (χ2v) is 8.85. The lowest BCUT2D eigenvalue weighted by Crippen LogP contribution is -2.62. The minimum atomic E-state index is -0.0282. The Labute approximate surface area is 172 Å². The first-order valence-corrected chi connectivity index (χ1v) is 10.3. The maximum Gasteiger partial charge on any atom is 0.242 e. The molecule has 1 aromatic carbocycles. The second-order valence-electron chi connectivity index (χ2n) is 8.47. The van der Waals surface area contributed by atoms with Gasteiger partial charge in [-0.05, 0) is 70.6 Å². The van der Waals surface area contributed by atoms with Crippen molar-refractivity contribution in [2.45, 2.75) is 45.7 Å². The van der Waals surface area contributed by atoms with Crippen LogP contribution in [0.4, 0.5) is 5.69 Å². The number of piperazine rings is 1. The van der Waals surface area contributed by atoms with E-state index in [1.807, 2.05) is 34.1 Å². The molecular formula is C21H30N4O2S. The molecule has 0 radical (unpaired) electrons. The van der Waals surface area contributed by atoms with Gasteiger partial charge in [-0.25, -0.2) is 0 Å². The number of amides is 1. The third-order valence-electron chi connectivity index (χ3n) is 5.62. The number of thiocarbonyl (C=S) groups is 1. The van der Waals surface area contributed by atoms with E-state index in [-0.39, 0.29) is 23.3 Å². The smallest absolute Gasteiger partial charge is 0.242 e. The number of nitrogens with zero attached hydrogens (tertiary/aromatic N) is 3. The van der Waals surface area contributed by atoms with Crippen molar-refractivity contribution >= 4 is 34.7 Å². The third kappa shape index (κ3) is 4.63. The molecule has 0 spiro atoms. The average molecular weight is 403 g/mol. The fourth-order valence-corrected chi connectivity index (χ4v) is 4.58. The van der Waals surface area contributed by atoms with Crippen molar-refractivity contribution in [3.05, 3.63) is 29.8 Å². The van der Waals surface area contributed by atoms with Crippen LogP contribution in [0.25, 0.3) is 0 Å². The van der Waals surface area contributed by atoms with Crippen LogP contribution in [-0.4, -0.2) is 70.9 Å². The summed E-state index contributed by atoms with van der Waals surface area (Å²) in [7, 11) is 0. The highest BCUT2D eigenvalue weighted by molar-refractivity contribution is 7.80. The van der Waals surface area contributed by atoms with Crippen LogP contribution in [0.5, 0.6) is 0 Å². The van der Waals surface area contributed by atoms with E-state index < -0.39 is 0 Å². The Hall–Kier alpha value is -2.15. The summed E-state index contributed by atoms with van der Waals surface area (Å²) in [5.41, 5.74) is 1.79. The Morgan fingerprint density at radius 2 is 1.75 bits per heavy atom. The number of hydrogen-bond acceptors (Lipinski definition) is 4. The van der Waals surface area contributed by atoms with Gasteiger partial charge in [0.25, 0.3) is 0 Å². The van der Waals surface area contributed by atoms with Gasteiger partial charge in [0.15, 0.2) is 10.9 Å². The Morgan fingerprint density at radius 1 is 1.14 bits per heavy atom. The molecule has 2 aliphatic rings. The van der Waals surface area contributed by atoms with E-state index in [0.717, 1.165) is 30.8 Å². The van der Waals surface area contributed by atoms with E-state index in [1.54, 1.807) is 6.92 Å². The Balaban J connectivity index is 1.54. The lowest BCUT2D eigenvalue weighted by molar-refractivity contribution is -0.132. The number of Topliss-reactive ketones (excluding diaryl/α,β-unsaturated/α-hetero) is 1. The minimum absolute atomic E-state index is 0.0282. The summed E-state index contributed by atoms with van der Waals surface area (Å²) in [5.74, 6) is 0.201. The molecule has 7 heteroatoms. The van der Waals surface area contributed by atoms with E-state index in [0.29, 0.717) is 24.7 Å². The van der Waals surface area contributed by atoms with Crippen LogP contribution in [0.1, 0.15) is 44.5 Å². The fraction of sp³-hybridized carbons (Fsp3) is 0.571. The van der Waals surface area contributed by atoms with Gasteiger partial charge in [0.05, 0.1) is 6.54 Å². The normalized spacial score (nSPS) is 22.1. The number of hydrogen-bond donors (Lipinski definition) is 1. The summed E-state index contributed by atoms with van der Waals surface area (Å²) < 4.78 is 0. The maximum absolute atomic E-state index is 12.8. The molecule has 2 saturated heterocycles. The lowest BCUT2D eigenvalue weighted by atomic mass is 9.93. The van der Waals surface area contributed by atoms with Gasteiger partial charge in [-0.3, -0.25) is 9.59 Å². The first-order chi connectivity index (χ1) is 13.2. The average Bonchev–Trinajstić information content (AvgIpc) is 2.64. The standard InChI is InChI=1S/C21H30N4O2S/c1-15-13-21(3,4)22-20(28)25(15)14-19(27)24-11-9-23(10-12-24)18-7-5-17(6-8-18)16(2)26/h5-8,15H,9-14H2,1-4H3,(H,22,28)/t15-/m0/s1. The SMILES string of the molecule is CC(=O)c1ccc(N2CCN(C(=O)CN3C(=S)NC(C)(C)C[C@@H]3C)CC2)cc1. The van der Waals surface area contributed by atoms with E-state index in [4.69, 9.17) is 12.2 Å². The Kier molecular flexibility index (Phi) is 5.93. The molecule has 3 rings (SSSR count). The summed E-state index contributed by atoms with van der Waals surface area (Å²) in [6, 6.07) is 7.93. The molecule has 152 valence electrons. The summed E-state index contributed by atoms with van der Waals surface area (Å²) in [4.78, 5) is 30.4. The molecule has 2 fully saturated rings. The minimum Gasteiger partial charge on any atom is -0.368 e. The first-order valence-electron chi connectivity index (χ1n) is 9.89. The van der Waals surface area contributed by atoms with Gasteiger partial charge in [-0.2, -0.15) is 0 Å². The van der Waals surface area contributed by atoms with Crippen molar-refractivity contribution in [1.82, 2.24) is 15.1 Å². The van der Waals surface area contributed by atoms with Crippen LogP contribution in [-0.2, 0) is 4.79 Å². The van der Waals surface area contributed by atoms with Gasteiger partial charge in [0.1, 0.15) is 0 Å². The van der Waals surface area contributed by atoms with Crippen molar-refractivity contribution < 1.29 is 9.59 Å². The van der Waals surface area contributed by atoms with Crippen LogP contribution < -0.4 is 10.2 Å². The molecule has 0 aliphatic carbocycles. The van der Waals surface area contributed by atoms with Crippen molar-refractivity contribution in [2.24, 2.45) is 0 Å². The van der Waals surface area contributed by atoms with Crippen LogP contribution in [0.15, 0.2) is 24.3 Å². The van der Waals surface area contributed by atoms with Gasteiger partial charge < -0.3 is 20.0 Å². The molecule has 1 amide bonds. The topological polar surface area (TPSA) is 55.9 Å². The van der Waals surface area contributed by atoms with Gasteiger partial charge in [-0.1, -0.05) is 0 Å². The van der Waals surface area contributed by atoms with Crippen molar-refractivity contribution in [3.63, 3.8) is 0 Å². The monoisotopic (exact) mass is 402 g/mol. The molecule has 1 N–H and O–H groups in total. The number of rotatable bonds is 4. The molecule has 2 aliphatic heterocycles. The number of ketones is 1. The Bertz CT molecular complexity index is 754. The van der Waals surface area contributed by atoms with Crippen LogP contribution in [0.2, 0.25) is 0 Å².